The van der Waals surface area contributed by atoms with Crippen LogP contribution in [0.4, 0.5) is 0 Å². The van der Waals surface area contributed by atoms with Crippen LogP contribution in [0, 0.1) is 0 Å². The Morgan fingerprint density at radius 2 is 0.667 bits per heavy atom. The number of benzene rings is 5. The Labute approximate surface area is 149 Å². The molecule has 0 amide bonds. The van der Waals surface area contributed by atoms with Gasteiger partial charge in [-0.2, -0.15) is 0 Å². The Balaban J connectivity index is 2.26. The molecule has 5 aromatic rings. The highest BCUT2D eigenvalue weighted by Gasteiger charge is 2.17. The van der Waals surface area contributed by atoms with Crippen molar-refractivity contribution in [3.63, 3.8) is 0 Å². The maximum Gasteiger partial charge on any atom is 0.0570 e. The summed E-state index contributed by atoms with van der Waals surface area (Å²) < 4.78 is 0. The molecule has 0 N–H and O–H groups in total. The van der Waals surface area contributed by atoms with E-state index in [0.29, 0.717) is 0 Å². The van der Waals surface area contributed by atoms with Crippen molar-refractivity contribution in [2.75, 3.05) is 0 Å². The van der Waals surface area contributed by atoms with Crippen molar-refractivity contribution in [2.45, 2.75) is 0 Å². The lowest BCUT2D eigenvalue weighted by Crippen LogP contribution is -1.87. The van der Waals surface area contributed by atoms with Crippen molar-refractivity contribution in [1.29, 1.82) is 0 Å². The van der Waals surface area contributed by atoms with Gasteiger partial charge >= 0.3 is 0 Å². The topological polar surface area (TPSA) is 0 Å². The van der Waals surface area contributed by atoms with Crippen molar-refractivity contribution >= 4 is 66.3 Å². The molecule has 0 saturated carbocycles. The largest absolute Gasteiger partial charge is 0.0830 e. The lowest BCUT2D eigenvalue weighted by atomic mass is 9.92. The van der Waals surface area contributed by atoms with Crippen LogP contribution in [0.5, 0.6) is 0 Å². The van der Waals surface area contributed by atoms with E-state index in [-0.39, 0.29) is 0 Å². The van der Waals surface area contributed by atoms with Gasteiger partial charge in [-0.1, -0.05) is 96.0 Å². The van der Waals surface area contributed by atoms with Crippen molar-refractivity contribution in [3.8, 4) is 0 Å². The van der Waals surface area contributed by atoms with Crippen LogP contribution >= 0.6 is 23.2 Å². The zero-order chi connectivity index (χ0) is 16.3. The van der Waals surface area contributed by atoms with Crippen LogP contribution in [0.2, 0.25) is 10.0 Å². The molecule has 0 aliphatic rings. The molecular formula is C22H12Cl2. The second-order valence-corrected chi connectivity index (χ2v) is 6.77. The van der Waals surface area contributed by atoms with Gasteiger partial charge in [0, 0.05) is 21.5 Å². The molecule has 24 heavy (non-hydrogen) atoms. The van der Waals surface area contributed by atoms with Crippen molar-refractivity contribution in [2.24, 2.45) is 0 Å². The molecule has 2 heteroatoms. The fourth-order valence-corrected chi connectivity index (χ4v) is 4.45. The average molecular weight is 347 g/mol. The predicted molar refractivity (Wildman–Crippen MR) is 106 cm³/mol. The summed E-state index contributed by atoms with van der Waals surface area (Å²) in [6.07, 6.45) is 0. The molecule has 0 aromatic heterocycles. The summed E-state index contributed by atoms with van der Waals surface area (Å²) in [5, 5.41) is 10.3. The van der Waals surface area contributed by atoms with E-state index in [1.807, 2.05) is 24.3 Å². The first kappa shape index (κ1) is 14.1. The number of halogens is 2. The molecule has 0 nitrogen and oxygen atoms in total. The molecule has 114 valence electrons. The summed E-state index contributed by atoms with van der Waals surface area (Å²) in [6, 6.07) is 24.9. The first-order valence-corrected chi connectivity index (χ1v) is 8.62. The van der Waals surface area contributed by atoms with Crippen molar-refractivity contribution < 1.29 is 0 Å². The summed E-state index contributed by atoms with van der Waals surface area (Å²) in [5.74, 6) is 0. The first-order chi connectivity index (χ1) is 11.8. The lowest BCUT2D eigenvalue weighted by Gasteiger charge is -2.15. The van der Waals surface area contributed by atoms with Gasteiger partial charge in [-0.05, 0) is 21.5 Å². The van der Waals surface area contributed by atoms with Gasteiger partial charge in [0.05, 0.1) is 10.0 Å². The molecule has 0 spiro atoms. The summed E-state index contributed by atoms with van der Waals surface area (Å²) in [6.45, 7) is 0. The normalized spacial score (nSPS) is 11.8. The number of hydrogen-bond donors (Lipinski definition) is 0. The van der Waals surface area contributed by atoms with E-state index >= 15 is 0 Å². The molecule has 0 unspecified atom stereocenters. The molecule has 0 heterocycles. The summed E-state index contributed by atoms with van der Waals surface area (Å²) in [7, 11) is 0. The number of hydrogen-bond acceptors (Lipinski definition) is 0. The molecule has 0 radical (unpaired) electrons. The van der Waals surface area contributed by atoms with Gasteiger partial charge in [-0.15, -0.1) is 0 Å². The lowest BCUT2D eigenvalue weighted by molar-refractivity contribution is 1.77. The Morgan fingerprint density at radius 1 is 0.375 bits per heavy atom. The summed E-state index contributed by atoms with van der Waals surface area (Å²) in [5.41, 5.74) is 0. The van der Waals surface area contributed by atoms with E-state index in [1.165, 1.54) is 10.8 Å². The number of fused-ring (bicyclic) bond motifs is 7. The SMILES string of the molecule is Clc1c2ccccc2c(Cl)c2c3ccccc3c3ccccc3c12. The summed E-state index contributed by atoms with van der Waals surface area (Å²) >= 11 is 13.7. The Kier molecular flexibility index (Phi) is 3.00. The Hall–Kier alpha value is -2.28. The Morgan fingerprint density at radius 3 is 1.04 bits per heavy atom. The smallest absolute Gasteiger partial charge is 0.0570 e. The highest BCUT2D eigenvalue weighted by atomic mass is 35.5. The molecule has 0 bridgehead atoms. The Bertz CT molecular complexity index is 1170. The van der Waals surface area contributed by atoms with Gasteiger partial charge < -0.3 is 0 Å². The highest BCUT2D eigenvalue weighted by molar-refractivity contribution is 6.51. The van der Waals surface area contributed by atoms with E-state index in [4.69, 9.17) is 23.2 Å². The highest BCUT2D eigenvalue weighted by Crippen LogP contribution is 2.45. The second-order valence-electron chi connectivity index (χ2n) is 6.01. The zero-order valence-corrected chi connectivity index (χ0v) is 14.2. The third kappa shape index (κ3) is 1.76. The fraction of sp³-hybridized carbons (Fsp3) is 0. The zero-order valence-electron chi connectivity index (χ0n) is 12.7. The number of rotatable bonds is 0. The van der Waals surface area contributed by atoms with Crippen LogP contribution in [0.15, 0.2) is 72.8 Å². The van der Waals surface area contributed by atoms with E-state index in [9.17, 15) is 0 Å². The maximum atomic E-state index is 6.87. The first-order valence-electron chi connectivity index (χ1n) is 7.86. The average Bonchev–Trinajstić information content (AvgIpc) is 2.65. The van der Waals surface area contributed by atoms with Crippen LogP contribution in [0.25, 0.3) is 43.1 Å². The molecule has 5 rings (SSSR count). The van der Waals surface area contributed by atoms with Crippen LogP contribution < -0.4 is 0 Å². The molecule has 0 aliphatic heterocycles. The van der Waals surface area contributed by atoms with E-state index in [2.05, 4.69) is 48.5 Å². The van der Waals surface area contributed by atoms with Crippen LogP contribution in [-0.2, 0) is 0 Å². The predicted octanol–water partition coefficient (Wildman–Crippen LogP) is 7.61. The van der Waals surface area contributed by atoms with Gasteiger partial charge in [0.2, 0.25) is 0 Å². The van der Waals surface area contributed by atoms with Crippen LogP contribution in [0.1, 0.15) is 0 Å². The minimum Gasteiger partial charge on any atom is -0.0830 e. The standard InChI is InChI=1S/C22H12Cl2/c23-21-17-11-5-6-12-18(17)22(24)20-16-10-4-2-8-14(16)13-7-1-3-9-15(13)19(20)21/h1-12H. The monoisotopic (exact) mass is 346 g/mol. The quantitative estimate of drug-likeness (QED) is 0.200. The van der Waals surface area contributed by atoms with Crippen LogP contribution in [0.3, 0.4) is 0 Å². The molecular weight excluding hydrogens is 335 g/mol. The van der Waals surface area contributed by atoms with Crippen molar-refractivity contribution in [3.05, 3.63) is 82.8 Å². The minimum atomic E-state index is 0.770. The van der Waals surface area contributed by atoms with E-state index < -0.39 is 0 Å². The van der Waals surface area contributed by atoms with E-state index in [0.717, 1.165) is 42.4 Å². The van der Waals surface area contributed by atoms with Gasteiger partial charge in [-0.25, -0.2) is 0 Å². The van der Waals surface area contributed by atoms with Crippen LogP contribution in [-0.4, -0.2) is 0 Å². The third-order valence-electron chi connectivity index (χ3n) is 4.77. The van der Waals surface area contributed by atoms with Gasteiger partial charge in [0.15, 0.2) is 0 Å². The molecule has 0 fully saturated rings. The van der Waals surface area contributed by atoms with Gasteiger partial charge in [0.1, 0.15) is 0 Å². The van der Waals surface area contributed by atoms with Gasteiger partial charge in [-0.3, -0.25) is 0 Å². The molecule has 0 aliphatic carbocycles. The maximum absolute atomic E-state index is 6.87. The van der Waals surface area contributed by atoms with E-state index in [1.54, 1.807) is 0 Å². The minimum absolute atomic E-state index is 0.770. The van der Waals surface area contributed by atoms with Gasteiger partial charge in [0.25, 0.3) is 0 Å². The third-order valence-corrected chi connectivity index (χ3v) is 5.56. The fourth-order valence-electron chi connectivity index (χ4n) is 3.73. The molecule has 0 saturated heterocycles. The molecule has 0 atom stereocenters. The van der Waals surface area contributed by atoms with Crippen molar-refractivity contribution in [1.82, 2.24) is 0 Å². The summed E-state index contributed by atoms with van der Waals surface area (Å²) in [4.78, 5) is 0. The second kappa shape index (κ2) is 5.11. The molecule has 5 aromatic carbocycles.